The topological polar surface area (TPSA) is 64.0 Å². The van der Waals surface area contributed by atoms with Crippen LogP contribution in [-0.2, 0) is 0 Å². The molecule has 4 heterocycles. The number of piperazine rings is 1. The van der Waals surface area contributed by atoms with Crippen LogP contribution in [0.25, 0.3) is 22.0 Å². The normalized spacial score (nSPS) is 21.8. The van der Waals surface area contributed by atoms with Crippen LogP contribution in [0.1, 0.15) is 50.2 Å². The molecule has 3 aliphatic rings. The molecule has 3 saturated heterocycles. The summed E-state index contributed by atoms with van der Waals surface area (Å²) >= 11 is 0. The molecule has 2 aromatic carbocycles. The monoisotopic (exact) mass is 513 g/mol. The second kappa shape index (κ2) is 10.4. The lowest BCUT2D eigenvalue weighted by Crippen LogP contribution is -2.53. The molecule has 0 saturated carbocycles. The number of amidine groups is 1. The lowest BCUT2D eigenvalue weighted by Gasteiger charge is -2.38. The molecule has 2 atom stereocenters. The molecule has 1 aromatic heterocycles. The highest BCUT2D eigenvalue weighted by Crippen LogP contribution is 2.35. The van der Waals surface area contributed by atoms with E-state index in [2.05, 4.69) is 33.1 Å². The molecule has 2 unspecified atom stereocenters. The zero-order valence-electron chi connectivity index (χ0n) is 22.3. The molecule has 2 bridgehead atoms. The van der Waals surface area contributed by atoms with Gasteiger partial charge in [-0.15, -0.1) is 0 Å². The van der Waals surface area contributed by atoms with Gasteiger partial charge in [0.1, 0.15) is 23.1 Å². The van der Waals surface area contributed by atoms with Gasteiger partial charge in [0.15, 0.2) is 5.82 Å². The van der Waals surface area contributed by atoms with Crippen molar-refractivity contribution in [2.45, 2.75) is 58.0 Å². The third kappa shape index (κ3) is 4.64. The Morgan fingerprint density at radius 1 is 1.16 bits per heavy atom. The Morgan fingerprint density at radius 3 is 2.63 bits per heavy atom. The Labute approximate surface area is 223 Å². The molecule has 3 aromatic rings. The van der Waals surface area contributed by atoms with Crippen LogP contribution in [0.3, 0.4) is 0 Å². The maximum Gasteiger partial charge on any atom is 0.153 e. The van der Waals surface area contributed by atoms with E-state index in [1.165, 1.54) is 6.42 Å². The number of hydrogen-bond donors (Lipinski definition) is 2. The fraction of sp³-hybridized carbons (Fsp3) is 0.419. The minimum atomic E-state index is -0.368. The number of aliphatic imine (C=N–C) groups is 1. The maximum atomic E-state index is 16.2. The number of pyridine rings is 1. The number of aromatic nitrogens is 1. The maximum absolute atomic E-state index is 16.2. The number of allylic oxidation sites excluding steroid dienone is 1. The largest absolute Gasteiger partial charge is 0.508 e. The number of nitrogens with one attached hydrogen (secondary N) is 1. The van der Waals surface area contributed by atoms with E-state index in [1.807, 2.05) is 31.2 Å². The van der Waals surface area contributed by atoms with Gasteiger partial charge in [-0.1, -0.05) is 37.6 Å². The summed E-state index contributed by atoms with van der Waals surface area (Å²) in [6, 6.07) is 11.9. The predicted octanol–water partition coefficient (Wildman–Crippen LogP) is 5.58. The van der Waals surface area contributed by atoms with Gasteiger partial charge in [-0.25, -0.2) is 9.38 Å². The van der Waals surface area contributed by atoms with Gasteiger partial charge in [0.2, 0.25) is 0 Å². The number of aromatic hydroxyl groups is 1. The lowest BCUT2D eigenvalue weighted by atomic mass is 9.98. The number of hydrogen-bond acceptors (Lipinski definition) is 5. The smallest absolute Gasteiger partial charge is 0.153 e. The van der Waals surface area contributed by atoms with Crippen molar-refractivity contribution in [1.29, 1.82) is 0 Å². The number of phenolic OH excluding ortho intramolecular Hbond substituents is 1. The van der Waals surface area contributed by atoms with Crippen LogP contribution in [-0.4, -0.2) is 64.0 Å². The van der Waals surface area contributed by atoms with Crippen molar-refractivity contribution in [2.24, 2.45) is 4.99 Å². The van der Waals surface area contributed by atoms with Crippen molar-refractivity contribution in [3.8, 4) is 17.0 Å². The minimum Gasteiger partial charge on any atom is -0.508 e. The van der Waals surface area contributed by atoms with Crippen LogP contribution in [0.15, 0.2) is 59.5 Å². The average molecular weight is 514 g/mol. The number of halogens is 1. The third-order valence-electron chi connectivity index (χ3n) is 8.14. The number of nitrogens with zero attached hydrogens (tertiary/aromatic N) is 4. The van der Waals surface area contributed by atoms with E-state index in [-0.39, 0.29) is 17.3 Å². The standard InChI is InChI=1S/C31H36FN5O/c1-3-4-10-28(36-13-7-14-36)35-31(37-18-22-11-12-23(19-37)34-22)27-17-33-30(29(32)20(27)2)26-16-24(38)15-21-8-5-6-9-25(21)26/h5-6,8-10,15-17,22-23,34,38H,3-4,7,11-14,18-19H2,1-2H3/b28-10-,35-31+. The quantitative estimate of drug-likeness (QED) is 0.333. The molecule has 6 nitrogen and oxygen atoms in total. The number of likely N-dealkylation sites (tertiary alicyclic amines) is 2. The van der Waals surface area contributed by atoms with Gasteiger partial charge in [0.25, 0.3) is 0 Å². The van der Waals surface area contributed by atoms with Gasteiger partial charge in [0, 0.05) is 55.6 Å². The van der Waals surface area contributed by atoms with Gasteiger partial charge in [0.05, 0.1) is 0 Å². The number of fused-ring (bicyclic) bond motifs is 3. The van der Waals surface area contributed by atoms with Crippen LogP contribution in [0.2, 0.25) is 0 Å². The van der Waals surface area contributed by atoms with E-state index in [9.17, 15) is 5.11 Å². The first-order valence-corrected chi connectivity index (χ1v) is 13.9. The van der Waals surface area contributed by atoms with Gasteiger partial charge < -0.3 is 20.2 Å². The minimum absolute atomic E-state index is 0.0976. The Hall–Kier alpha value is -3.45. The van der Waals surface area contributed by atoms with Crippen LogP contribution >= 0.6 is 0 Å². The highest BCUT2D eigenvalue weighted by molar-refractivity contribution is 6.02. The molecule has 198 valence electrons. The summed E-state index contributed by atoms with van der Waals surface area (Å²) in [5, 5.41) is 15.8. The first-order chi connectivity index (χ1) is 18.5. The Kier molecular flexibility index (Phi) is 6.78. The highest BCUT2D eigenvalue weighted by Gasteiger charge is 2.35. The SMILES string of the molecule is CCC/C=C(/N=C(\c1cnc(-c2cc(O)cc3ccccc23)c(F)c1C)N1CC2CCC(C1)N2)N1CCC1. The fourth-order valence-corrected chi connectivity index (χ4v) is 5.93. The van der Waals surface area contributed by atoms with Crippen molar-refractivity contribution < 1.29 is 9.50 Å². The molecule has 2 N–H and O–H groups in total. The Bertz CT molecular complexity index is 1400. The van der Waals surface area contributed by atoms with Crippen molar-refractivity contribution >= 4 is 16.6 Å². The van der Waals surface area contributed by atoms with Crippen LogP contribution in [0.5, 0.6) is 5.75 Å². The summed E-state index contributed by atoms with van der Waals surface area (Å²) in [5.41, 5.74) is 2.11. The van der Waals surface area contributed by atoms with E-state index in [1.54, 1.807) is 18.3 Å². The zero-order chi connectivity index (χ0) is 26.2. The fourth-order valence-electron chi connectivity index (χ4n) is 5.93. The van der Waals surface area contributed by atoms with Crippen LogP contribution in [0, 0.1) is 12.7 Å². The van der Waals surface area contributed by atoms with Crippen molar-refractivity contribution in [3.05, 3.63) is 71.4 Å². The highest BCUT2D eigenvalue weighted by atomic mass is 19.1. The molecule has 0 spiro atoms. The summed E-state index contributed by atoms with van der Waals surface area (Å²) in [5.74, 6) is 1.53. The van der Waals surface area contributed by atoms with Gasteiger partial charge in [-0.3, -0.25) is 4.98 Å². The average Bonchev–Trinajstić information content (AvgIpc) is 3.23. The number of rotatable bonds is 6. The number of phenols is 1. The van der Waals surface area contributed by atoms with Gasteiger partial charge in [-0.2, -0.15) is 0 Å². The lowest BCUT2D eigenvalue weighted by molar-refractivity contribution is 0.233. The molecule has 0 radical (unpaired) electrons. The Balaban J connectivity index is 1.46. The molecule has 38 heavy (non-hydrogen) atoms. The molecule has 0 aliphatic carbocycles. The van der Waals surface area contributed by atoms with E-state index >= 15 is 4.39 Å². The van der Waals surface area contributed by atoms with E-state index < -0.39 is 0 Å². The Morgan fingerprint density at radius 2 is 1.92 bits per heavy atom. The summed E-state index contributed by atoms with van der Waals surface area (Å²) in [6.07, 6.45) is 9.52. The third-order valence-corrected chi connectivity index (χ3v) is 8.14. The second-order valence-electron chi connectivity index (χ2n) is 10.8. The van der Waals surface area contributed by atoms with E-state index in [0.29, 0.717) is 23.2 Å². The second-order valence-corrected chi connectivity index (χ2v) is 10.8. The number of benzene rings is 2. The van der Waals surface area contributed by atoms with Gasteiger partial charge in [-0.05, 0) is 67.2 Å². The summed E-state index contributed by atoms with van der Waals surface area (Å²) in [7, 11) is 0. The van der Waals surface area contributed by atoms with Gasteiger partial charge >= 0.3 is 0 Å². The molecular weight excluding hydrogens is 477 g/mol. The summed E-state index contributed by atoms with van der Waals surface area (Å²) < 4.78 is 16.2. The van der Waals surface area contributed by atoms with Crippen molar-refractivity contribution in [2.75, 3.05) is 26.2 Å². The van der Waals surface area contributed by atoms with E-state index in [0.717, 1.165) is 79.9 Å². The summed E-state index contributed by atoms with van der Waals surface area (Å²) in [6.45, 7) is 7.73. The predicted molar refractivity (Wildman–Crippen MR) is 151 cm³/mol. The molecule has 0 amide bonds. The van der Waals surface area contributed by atoms with Crippen LogP contribution < -0.4 is 5.32 Å². The molecule has 6 rings (SSSR count). The summed E-state index contributed by atoms with van der Waals surface area (Å²) in [4.78, 5) is 14.6. The molecule has 7 heteroatoms. The first kappa shape index (κ1) is 24.9. The first-order valence-electron chi connectivity index (χ1n) is 13.9. The molecule has 3 fully saturated rings. The van der Waals surface area contributed by atoms with E-state index in [4.69, 9.17) is 4.99 Å². The van der Waals surface area contributed by atoms with Crippen LogP contribution in [0.4, 0.5) is 4.39 Å². The van der Waals surface area contributed by atoms with Crippen molar-refractivity contribution in [3.63, 3.8) is 0 Å². The molecular formula is C31H36FN5O. The number of unbranched alkanes of at least 4 members (excludes halogenated alkanes) is 1. The van der Waals surface area contributed by atoms with Crippen molar-refractivity contribution in [1.82, 2.24) is 20.1 Å². The zero-order valence-corrected chi connectivity index (χ0v) is 22.3. The molecule has 3 aliphatic heterocycles.